The quantitative estimate of drug-likeness (QED) is 0.437. The van der Waals surface area contributed by atoms with E-state index in [1.54, 1.807) is 0 Å². The molecular weight excluding hydrogens is 350 g/mol. The Labute approximate surface area is 141 Å². The maximum absolute atomic E-state index is 12.9. The molecule has 0 bridgehead atoms. The third-order valence-electron chi connectivity index (χ3n) is 3.96. The second kappa shape index (κ2) is 5.60. The van der Waals surface area contributed by atoms with Gasteiger partial charge in [-0.25, -0.2) is 4.98 Å². The molecule has 0 aliphatic heterocycles. The van der Waals surface area contributed by atoms with Gasteiger partial charge in [0.1, 0.15) is 4.60 Å². The van der Waals surface area contributed by atoms with Crippen LogP contribution in [0.15, 0.2) is 82.2 Å². The normalized spacial score (nSPS) is 11.0. The van der Waals surface area contributed by atoms with E-state index in [1.165, 1.54) is 0 Å². The summed E-state index contributed by atoms with van der Waals surface area (Å²) >= 11 is 3.54. The van der Waals surface area contributed by atoms with E-state index >= 15 is 0 Å². The zero-order valence-electron chi connectivity index (χ0n) is 12.2. The van der Waals surface area contributed by atoms with E-state index in [-0.39, 0.29) is 5.43 Å². The van der Waals surface area contributed by atoms with Crippen LogP contribution in [0.1, 0.15) is 0 Å². The van der Waals surface area contributed by atoms with Crippen molar-refractivity contribution >= 4 is 37.6 Å². The molecule has 0 atom stereocenters. The molecule has 2 nitrogen and oxygen atoms in total. The van der Waals surface area contributed by atoms with Gasteiger partial charge >= 0.3 is 0 Å². The van der Waals surface area contributed by atoms with Crippen LogP contribution in [0.25, 0.3) is 32.8 Å². The number of benzene rings is 2. The average Bonchev–Trinajstić information content (AvgIpc) is 2.73. The van der Waals surface area contributed by atoms with E-state index in [0.29, 0.717) is 16.3 Å². The number of fused-ring (bicyclic) bond motifs is 2. The second-order valence-electron chi connectivity index (χ2n) is 5.38. The number of aromatic nitrogens is 1. The van der Waals surface area contributed by atoms with Gasteiger partial charge in [0.05, 0.1) is 5.52 Å². The minimum atomic E-state index is 0.0118. The molecule has 0 aliphatic carbocycles. The van der Waals surface area contributed by atoms with Gasteiger partial charge in [0, 0.05) is 16.3 Å². The Kier molecular flexibility index (Phi) is 3.43. The summed E-state index contributed by atoms with van der Waals surface area (Å²) in [4.78, 5) is 17.5. The van der Waals surface area contributed by atoms with Gasteiger partial charge in [-0.05, 0) is 39.0 Å². The molecule has 3 heteroatoms. The van der Waals surface area contributed by atoms with Crippen molar-refractivity contribution in [1.29, 1.82) is 0 Å². The summed E-state index contributed by atoms with van der Waals surface area (Å²) in [5, 5.41) is 2.27. The summed E-state index contributed by atoms with van der Waals surface area (Å²) in [6.07, 6.45) is 0. The lowest BCUT2D eigenvalue weighted by atomic mass is 10.1. The fourth-order valence-corrected chi connectivity index (χ4v) is 3.33. The molecule has 23 heavy (non-hydrogen) atoms. The van der Waals surface area contributed by atoms with Crippen LogP contribution in [-0.4, -0.2) is 4.98 Å². The highest BCUT2D eigenvalue weighted by molar-refractivity contribution is 9.10. The highest BCUT2D eigenvalue weighted by Crippen LogP contribution is 2.29. The lowest BCUT2D eigenvalue weighted by Gasteiger charge is -2.05. The lowest BCUT2D eigenvalue weighted by Crippen LogP contribution is -2.00. The van der Waals surface area contributed by atoms with Crippen LogP contribution in [0.2, 0.25) is 0 Å². The smallest absolute Gasteiger partial charge is 0.195 e. The summed E-state index contributed by atoms with van der Waals surface area (Å²) in [6, 6.07) is 23.4. The molecule has 4 aromatic rings. The van der Waals surface area contributed by atoms with Crippen molar-refractivity contribution in [3.8, 4) is 11.1 Å². The van der Waals surface area contributed by atoms with Crippen LogP contribution in [0.5, 0.6) is 0 Å². The standard InChI is InChI=1S/C20H12BrNO/c21-20-16(13-6-2-1-3-7-13)12-17-18(22-20)11-10-14-8-4-5-9-15(14)19(17)23/h1-12H. The summed E-state index contributed by atoms with van der Waals surface area (Å²) in [7, 11) is 0. The van der Waals surface area contributed by atoms with Gasteiger partial charge in [-0.15, -0.1) is 0 Å². The van der Waals surface area contributed by atoms with E-state index in [1.807, 2.05) is 72.8 Å². The molecule has 0 spiro atoms. The molecule has 0 unspecified atom stereocenters. The average molecular weight is 362 g/mol. The largest absolute Gasteiger partial charge is 0.289 e. The molecule has 4 rings (SSSR count). The van der Waals surface area contributed by atoms with Crippen LogP contribution < -0.4 is 5.43 Å². The van der Waals surface area contributed by atoms with Crippen LogP contribution >= 0.6 is 15.9 Å². The fourth-order valence-electron chi connectivity index (χ4n) is 2.80. The maximum atomic E-state index is 12.9. The van der Waals surface area contributed by atoms with Crippen LogP contribution in [-0.2, 0) is 0 Å². The molecule has 0 N–H and O–H groups in total. The third-order valence-corrected chi connectivity index (χ3v) is 4.57. The summed E-state index contributed by atoms with van der Waals surface area (Å²) in [6.45, 7) is 0. The topological polar surface area (TPSA) is 30.0 Å². The molecule has 0 amide bonds. The number of rotatable bonds is 1. The van der Waals surface area contributed by atoms with Gasteiger partial charge in [-0.3, -0.25) is 4.79 Å². The van der Waals surface area contributed by atoms with E-state index in [2.05, 4.69) is 20.9 Å². The van der Waals surface area contributed by atoms with Gasteiger partial charge in [-0.1, -0.05) is 60.7 Å². The first-order valence-corrected chi connectivity index (χ1v) is 8.11. The number of halogens is 1. The van der Waals surface area contributed by atoms with Gasteiger partial charge < -0.3 is 0 Å². The van der Waals surface area contributed by atoms with Crippen LogP contribution in [0.3, 0.4) is 0 Å². The first kappa shape index (κ1) is 14.1. The molecular formula is C20H12BrNO. The minimum absolute atomic E-state index is 0.0118. The molecule has 0 saturated heterocycles. The first-order valence-electron chi connectivity index (χ1n) is 7.32. The van der Waals surface area contributed by atoms with Gasteiger partial charge in [0.25, 0.3) is 0 Å². The Bertz CT molecular complexity index is 1090. The number of pyridine rings is 1. The third kappa shape index (κ3) is 2.43. The Morgan fingerprint density at radius 1 is 0.783 bits per heavy atom. The summed E-state index contributed by atoms with van der Waals surface area (Å²) in [5.74, 6) is 0. The molecule has 0 radical (unpaired) electrons. The maximum Gasteiger partial charge on any atom is 0.195 e. The van der Waals surface area contributed by atoms with Gasteiger partial charge in [-0.2, -0.15) is 0 Å². The molecule has 1 heterocycles. The second-order valence-corrected chi connectivity index (χ2v) is 6.13. The van der Waals surface area contributed by atoms with Crippen molar-refractivity contribution in [1.82, 2.24) is 4.98 Å². The number of hydrogen-bond acceptors (Lipinski definition) is 2. The number of nitrogens with zero attached hydrogens (tertiary/aromatic N) is 1. The molecule has 3 aromatic carbocycles. The zero-order chi connectivity index (χ0) is 15.8. The molecule has 0 aliphatic rings. The minimum Gasteiger partial charge on any atom is -0.289 e. The zero-order valence-corrected chi connectivity index (χ0v) is 13.7. The SMILES string of the molecule is O=c1c2ccccc2ccc2nc(Br)c(-c3ccccc3)cc12. The van der Waals surface area contributed by atoms with Gasteiger partial charge in [0.2, 0.25) is 0 Å². The predicted octanol–water partition coefficient (Wildman–Crippen LogP) is 5.18. The molecule has 110 valence electrons. The Balaban J connectivity index is 2.14. The van der Waals surface area contributed by atoms with Crippen LogP contribution in [0, 0.1) is 0 Å². The van der Waals surface area contributed by atoms with Crippen molar-refractivity contribution in [2.45, 2.75) is 0 Å². The highest BCUT2D eigenvalue weighted by Gasteiger charge is 2.09. The molecule has 0 fully saturated rings. The Hall–Kier alpha value is -2.52. The summed E-state index contributed by atoms with van der Waals surface area (Å²) < 4.78 is 0.742. The fraction of sp³-hybridized carbons (Fsp3) is 0. The van der Waals surface area contributed by atoms with Crippen molar-refractivity contribution in [3.63, 3.8) is 0 Å². The molecule has 0 saturated carbocycles. The lowest BCUT2D eigenvalue weighted by molar-refractivity contribution is 1.35. The number of hydrogen-bond donors (Lipinski definition) is 0. The highest BCUT2D eigenvalue weighted by atomic mass is 79.9. The van der Waals surface area contributed by atoms with E-state index in [0.717, 1.165) is 21.1 Å². The van der Waals surface area contributed by atoms with Crippen LogP contribution in [0.4, 0.5) is 0 Å². The van der Waals surface area contributed by atoms with E-state index in [9.17, 15) is 4.79 Å². The van der Waals surface area contributed by atoms with Crippen molar-refractivity contribution < 1.29 is 0 Å². The Morgan fingerprint density at radius 3 is 2.35 bits per heavy atom. The first-order chi connectivity index (χ1) is 11.2. The van der Waals surface area contributed by atoms with Gasteiger partial charge in [0.15, 0.2) is 5.43 Å². The molecule has 1 aromatic heterocycles. The van der Waals surface area contributed by atoms with Crippen molar-refractivity contribution in [2.24, 2.45) is 0 Å². The van der Waals surface area contributed by atoms with E-state index in [4.69, 9.17) is 0 Å². The van der Waals surface area contributed by atoms with E-state index < -0.39 is 0 Å². The monoisotopic (exact) mass is 361 g/mol. The summed E-state index contributed by atoms with van der Waals surface area (Å²) in [5.41, 5.74) is 2.66. The predicted molar refractivity (Wildman–Crippen MR) is 98.7 cm³/mol. The van der Waals surface area contributed by atoms with Crippen molar-refractivity contribution in [2.75, 3.05) is 0 Å². The Morgan fingerprint density at radius 2 is 1.52 bits per heavy atom. The van der Waals surface area contributed by atoms with Crippen molar-refractivity contribution in [3.05, 3.63) is 87.6 Å².